The van der Waals surface area contributed by atoms with Gasteiger partial charge in [-0.05, 0) is 48.2 Å². The average Bonchev–Trinajstić information content (AvgIpc) is 2.56. The Morgan fingerprint density at radius 2 is 1.77 bits per heavy atom. The Morgan fingerprint density at radius 3 is 2.31 bits per heavy atom. The fourth-order valence-electron chi connectivity index (χ4n) is 2.64. The number of aliphatic hydroxyl groups excluding tert-OH is 1. The molecule has 6 heteroatoms. The zero-order valence-electron chi connectivity index (χ0n) is 15.3. The van der Waals surface area contributed by atoms with Gasteiger partial charge in [0.05, 0.1) is 12.6 Å². The number of anilines is 1. The van der Waals surface area contributed by atoms with Crippen molar-refractivity contribution in [3.63, 3.8) is 0 Å². The number of aryl methyl sites for hydroxylation is 1. The van der Waals surface area contributed by atoms with E-state index in [0.29, 0.717) is 23.4 Å². The lowest BCUT2D eigenvalue weighted by molar-refractivity contribution is 0.0594. The third kappa shape index (κ3) is 5.71. The van der Waals surface area contributed by atoms with E-state index in [-0.39, 0.29) is 36.6 Å². The minimum absolute atomic E-state index is 0. The molecule has 0 saturated carbocycles. The molecule has 0 saturated heterocycles. The van der Waals surface area contributed by atoms with Crippen LogP contribution >= 0.6 is 12.4 Å². The molecular formula is C20H26ClFN2O2. The Bertz CT molecular complexity index is 735. The summed E-state index contributed by atoms with van der Waals surface area (Å²) in [6, 6.07) is 10.9. The van der Waals surface area contributed by atoms with Gasteiger partial charge in [0.15, 0.2) is 0 Å². The Morgan fingerprint density at radius 1 is 1.15 bits per heavy atom. The first-order chi connectivity index (χ1) is 11.8. The lowest BCUT2D eigenvalue weighted by Crippen LogP contribution is -2.37. The fraction of sp³-hybridized carbons (Fsp3) is 0.350. The maximum atomic E-state index is 13.0. The molecule has 2 aromatic carbocycles. The Labute approximate surface area is 160 Å². The summed E-state index contributed by atoms with van der Waals surface area (Å²) in [5.74, 6) is -0.296. The van der Waals surface area contributed by atoms with Gasteiger partial charge in [0.1, 0.15) is 5.82 Å². The average molecular weight is 381 g/mol. The SMILES string of the molecule is Cc1ccc(C(=O)N(CC(C)C)CC(O)c2ccc(F)cc2)cc1N.Cl. The highest BCUT2D eigenvalue weighted by Gasteiger charge is 2.21. The van der Waals surface area contributed by atoms with Crippen LogP contribution in [0, 0.1) is 18.7 Å². The van der Waals surface area contributed by atoms with Gasteiger partial charge in [0.2, 0.25) is 0 Å². The van der Waals surface area contributed by atoms with Crippen molar-refractivity contribution < 1.29 is 14.3 Å². The monoisotopic (exact) mass is 380 g/mol. The molecule has 0 aliphatic heterocycles. The van der Waals surface area contributed by atoms with Gasteiger partial charge in [-0.15, -0.1) is 12.4 Å². The maximum Gasteiger partial charge on any atom is 0.254 e. The predicted molar refractivity (Wildman–Crippen MR) is 105 cm³/mol. The quantitative estimate of drug-likeness (QED) is 0.745. The van der Waals surface area contributed by atoms with E-state index in [9.17, 15) is 14.3 Å². The van der Waals surface area contributed by atoms with E-state index in [1.807, 2.05) is 26.8 Å². The zero-order valence-corrected chi connectivity index (χ0v) is 16.1. The summed E-state index contributed by atoms with van der Waals surface area (Å²) in [5.41, 5.74) is 8.46. The molecule has 0 bridgehead atoms. The molecule has 0 radical (unpaired) electrons. The number of nitrogen functional groups attached to an aromatic ring is 1. The maximum absolute atomic E-state index is 13.0. The van der Waals surface area contributed by atoms with Crippen molar-refractivity contribution in [2.45, 2.75) is 26.9 Å². The normalized spacial score (nSPS) is 11.8. The third-order valence-electron chi connectivity index (χ3n) is 4.05. The predicted octanol–water partition coefficient (Wildman–Crippen LogP) is 3.97. The molecule has 0 fully saturated rings. The molecule has 4 nitrogen and oxygen atoms in total. The van der Waals surface area contributed by atoms with E-state index in [1.165, 1.54) is 24.3 Å². The topological polar surface area (TPSA) is 66.6 Å². The molecule has 1 amide bonds. The summed E-state index contributed by atoms with van der Waals surface area (Å²) >= 11 is 0. The summed E-state index contributed by atoms with van der Waals surface area (Å²) in [5, 5.41) is 10.4. The van der Waals surface area contributed by atoms with Crippen LogP contribution in [0.25, 0.3) is 0 Å². The van der Waals surface area contributed by atoms with E-state index in [0.717, 1.165) is 5.56 Å². The summed E-state index contributed by atoms with van der Waals surface area (Å²) in [7, 11) is 0. The van der Waals surface area contributed by atoms with Gasteiger partial charge in [0, 0.05) is 17.8 Å². The van der Waals surface area contributed by atoms with Gasteiger partial charge < -0.3 is 15.7 Å². The van der Waals surface area contributed by atoms with E-state index < -0.39 is 6.10 Å². The van der Waals surface area contributed by atoms with Gasteiger partial charge in [-0.3, -0.25) is 4.79 Å². The molecule has 2 aromatic rings. The summed E-state index contributed by atoms with van der Waals surface area (Å²) < 4.78 is 13.0. The molecule has 26 heavy (non-hydrogen) atoms. The van der Waals surface area contributed by atoms with Crippen LogP contribution in [-0.2, 0) is 0 Å². The second-order valence-corrected chi connectivity index (χ2v) is 6.74. The summed E-state index contributed by atoms with van der Waals surface area (Å²) in [6.45, 7) is 6.54. The number of halogens is 2. The van der Waals surface area contributed by atoms with Gasteiger partial charge >= 0.3 is 0 Å². The molecule has 0 aliphatic rings. The molecule has 2 rings (SSSR count). The first-order valence-electron chi connectivity index (χ1n) is 8.37. The third-order valence-corrected chi connectivity index (χ3v) is 4.05. The van der Waals surface area contributed by atoms with E-state index in [4.69, 9.17) is 5.73 Å². The van der Waals surface area contributed by atoms with Crippen LogP contribution < -0.4 is 5.73 Å². The largest absolute Gasteiger partial charge is 0.398 e. The number of nitrogens with zero attached hydrogens (tertiary/aromatic N) is 1. The highest BCUT2D eigenvalue weighted by Crippen LogP contribution is 2.19. The lowest BCUT2D eigenvalue weighted by Gasteiger charge is -2.27. The smallest absolute Gasteiger partial charge is 0.254 e. The minimum atomic E-state index is -0.883. The van der Waals surface area contributed by atoms with Crippen LogP contribution in [0.15, 0.2) is 42.5 Å². The minimum Gasteiger partial charge on any atom is -0.398 e. The van der Waals surface area contributed by atoms with Crippen LogP contribution in [0.2, 0.25) is 0 Å². The van der Waals surface area contributed by atoms with Crippen molar-refractivity contribution in [1.82, 2.24) is 4.90 Å². The second kappa shape index (κ2) is 9.55. The van der Waals surface area contributed by atoms with Crippen molar-refractivity contribution in [2.75, 3.05) is 18.8 Å². The lowest BCUT2D eigenvalue weighted by atomic mass is 10.1. The van der Waals surface area contributed by atoms with Crippen LogP contribution in [-0.4, -0.2) is 29.0 Å². The summed E-state index contributed by atoms with van der Waals surface area (Å²) in [6.07, 6.45) is -0.883. The van der Waals surface area contributed by atoms with E-state index in [1.54, 1.807) is 17.0 Å². The first kappa shape index (κ1) is 21.9. The number of hydrogen-bond donors (Lipinski definition) is 2. The summed E-state index contributed by atoms with van der Waals surface area (Å²) in [4.78, 5) is 14.5. The van der Waals surface area contributed by atoms with Gasteiger partial charge in [-0.2, -0.15) is 0 Å². The highest BCUT2D eigenvalue weighted by atomic mass is 35.5. The molecule has 1 atom stereocenters. The molecule has 142 valence electrons. The van der Waals surface area contributed by atoms with Crippen LogP contribution in [0.1, 0.15) is 41.4 Å². The standard InChI is InChI=1S/C20H25FN2O2.ClH/c1-13(2)11-23(12-19(24)15-6-8-17(21)9-7-15)20(25)16-5-4-14(3)18(22)10-16;/h4-10,13,19,24H,11-12,22H2,1-3H3;1H. The molecular weight excluding hydrogens is 355 g/mol. The van der Waals surface area contributed by atoms with Gasteiger partial charge in [-0.1, -0.05) is 32.0 Å². The number of benzene rings is 2. The second-order valence-electron chi connectivity index (χ2n) is 6.74. The number of amides is 1. The number of hydrogen-bond acceptors (Lipinski definition) is 3. The number of rotatable bonds is 6. The first-order valence-corrected chi connectivity index (χ1v) is 8.37. The van der Waals surface area contributed by atoms with Gasteiger partial charge in [-0.25, -0.2) is 4.39 Å². The van der Waals surface area contributed by atoms with Crippen LogP contribution in [0.4, 0.5) is 10.1 Å². The van der Waals surface area contributed by atoms with E-state index in [2.05, 4.69) is 0 Å². The molecule has 0 spiro atoms. The number of carbonyl (C=O) groups excluding carboxylic acids is 1. The van der Waals surface area contributed by atoms with E-state index >= 15 is 0 Å². The Balaban J connectivity index is 0.00000338. The molecule has 0 heterocycles. The van der Waals surface area contributed by atoms with Crippen molar-refractivity contribution in [3.05, 3.63) is 65.0 Å². The number of carbonyl (C=O) groups is 1. The Hall–Kier alpha value is -2.11. The van der Waals surface area contributed by atoms with Gasteiger partial charge in [0.25, 0.3) is 5.91 Å². The van der Waals surface area contributed by atoms with Crippen molar-refractivity contribution >= 4 is 24.0 Å². The van der Waals surface area contributed by atoms with Crippen molar-refractivity contribution in [1.29, 1.82) is 0 Å². The molecule has 1 unspecified atom stereocenters. The van der Waals surface area contributed by atoms with Crippen molar-refractivity contribution in [2.24, 2.45) is 5.92 Å². The number of aliphatic hydroxyl groups is 1. The molecule has 3 N–H and O–H groups in total. The van der Waals surface area contributed by atoms with Crippen molar-refractivity contribution in [3.8, 4) is 0 Å². The van der Waals surface area contributed by atoms with Crippen LogP contribution in [0.5, 0.6) is 0 Å². The molecule has 0 aliphatic carbocycles. The van der Waals surface area contributed by atoms with Crippen LogP contribution in [0.3, 0.4) is 0 Å². The molecule has 0 aromatic heterocycles. The zero-order chi connectivity index (χ0) is 18.6. The fourth-order valence-corrected chi connectivity index (χ4v) is 2.64. The Kier molecular flexibility index (Phi) is 8.06. The highest BCUT2D eigenvalue weighted by molar-refractivity contribution is 5.95. The number of nitrogens with two attached hydrogens (primary N) is 1.